The summed E-state index contributed by atoms with van der Waals surface area (Å²) in [7, 11) is 0. The van der Waals surface area contributed by atoms with E-state index in [1.165, 1.54) is 0 Å². The number of nitrogens with one attached hydrogen (secondary N) is 1. The molecule has 2 atom stereocenters. The van der Waals surface area contributed by atoms with Crippen LogP contribution < -0.4 is 5.32 Å². The molecular weight excluding hydrogens is 268 g/mol. The molecule has 1 heterocycles. The van der Waals surface area contributed by atoms with Crippen molar-refractivity contribution in [1.29, 1.82) is 0 Å². The zero-order valence-electron chi connectivity index (χ0n) is 12.2. The van der Waals surface area contributed by atoms with E-state index in [-0.39, 0.29) is 18.6 Å². The van der Waals surface area contributed by atoms with Gasteiger partial charge in [-0.25, -0.2) is 8.78 Å². The van der Waals surface area contributed by atoms with Crippen molar-refractivity contribution in [3.8, 4) is 0 Å². The maximum atomic E-state index is 11.9. The van der Waals surface area contributed by atoms with Crippen molar-refractivity contribution in [3.63, 3.8) is 0 Å². The SMILES string of the molecule is CCNC(CC)C(C)c1nc(CCOCC(F)F)no1. The van der Waals surface area contributed by atoms with Crippen LogP contribution in [0.15, 0.2) is 4.52 Å². The van der Waals surface area contributed by atoms with Gasteiger partial charge in [0.2, 0.25) is 5.89 Å². The number of hydrogen-bond acceptors (Lipinski definition) is 5. The van der Waals surface area contributed by atoms with Gasteiger partial charge >= 0.3 is 0 Å². The fraction of sp³-hybridized carbons (Fsp3) is 0.846. The van der Waals surface area contributed by atoms with E-state index in [2.05, 4.69) is 29.3 Å². The fourth-order valence-corrected chi connectivity index (χ4v) is 2.00. The highest BCUT2D eigenvalue weighted by Gasteiger charge is 2.22. The Morgan fingerprint density at radius 2 is 2.10 bits per heavy atom. The van der Waals surface area contributed by atoms with E-state index in [0.29, 0.717) is 18.1 Å². The number of nitrogens with zero attached hydrogens (tertiary/aromatic N) is 2. The lowest BCUT2D eigenvalue weighted by Crippen LogP contribution is -2.33. The first-order chi connectivity index (χ1) is 9.58. The molecule has 0 saturated carbocycles. The summed E-state index contributed by atoms with van der Waals surface area (Å²) in [5.74, 6) is 1.18. The first kappa shape index (κ1) is 17.0. The first-order valence-corrected chi connectivity index (χ1v) is 7.00. The van der Waals surface area contributed by atoms with Gasteiger partial charge in [0, 0.05) is 12.5 Å². The second kappa shape index (κ2) is 8.97. The number of halogens is 2. The lowest BCUT2D eigenvalue weighted by atomic mass is 9.99. The van der Waals surface area contributed by atoms with Crippen molar-refractivity contribution < 1.29 is 18.0 Å². The van der Waals surface area contributed by atoms with Crippen LogP contribution in [-0.2, 0) is 11.2 Å². The Labute approximate surface area is 118 Å². The molecule has 1 aromatic heterocycles. The molecule has 2 unspecified atom stereocenters. The maximum absolute atomic E-state index is 11.9. The third kappa shape index (κ3) is 5.50. The topological polar surface area (TPSA) is 60.2 Å². The molecule has 20 heavy (non-hydrogen) atoms. The van der Waals surface area contributed by atoms with E-state index in [4.69, 9.17) is 9.26 Å². The average Bonchev–Trinajstić information content (AvgIpc) is 2.89. The van der Waals surface area contributed by atoms with Crippen molar-refractivity contribution in [3.05, 3.63) is 11.7 Å². The third-order valence-corrected chi connectivity index (χ3v) is 3.10. The fourth-order valence-electron chi connectivity index (χ4n) is 2.00. The highest BCUT2D eigenvalue weighted by atomic mass is 19.3. The van der Waals surface area contributed by atoms with Crippen LogP contribution in [0, 0.1) is 0 Å². The Balaban J connectivity index is 2.45. The van der Waals surface area contributed by atoms with Crippen molar-refractivity contribution in [2.45, 2.75) is 52.0 Å². The molecule has 0 aromatic carbocycles. The average molecular weight is 291 g/mol. The van der Waals surface area contributed by atoms with Crippen molar-refractivity contribution in [2.75, 3.05) is 19.8 Å². The van der Waals surface area contributed by atoms with Gasteiger partial charge < -0.3 is 14.6 Å². The van der Waals surface area contributed by atoms with E-state index in [1.807, 2.05) is 6.92 Å². The monoisotopic (exact) mass is 291 g/mol. The largest absolute Gasteiger partial charge is 0.375 e. The Hall–Kier alpha value is -1.08. The minimum Gasteiger partial charge on any atom is -0.375 e. The van der Waals surface area contributed by atoms with E-state index >= 15 is 0 Å². The van der Waals surface area contributed by atoms with Crippen LogP contribution in [-0.4, -0.2) is 42.4 Å². The number of rotatable bonds is 10. The van der Waals surface area contributed by atoms with E-state index < -0.39 is 13.0 Å². The van der Waals surface area contributed by atoms with Gasteiger partial charge in [-0.05, 0) is 13.0 Å². The molecule has 0 aliphatic rings. The Kier molecular flexibility index (Phi) is 7.61. The number of aromatic nitrogens is 2. The Morgan fingerprint density at radius 1 is 1.35 bits per heavy atom. The summed E-state index contributed by atoms with van der Waals surface area (Å²) in [5, 5.41) is 7.22. The molecule has 0 aliphatic heterocycles. The second-order valence-electron chi connectivity index (χ2n) is 4.63. The zero-order chi connectivity index (χ0) is 15.0. The molecule has 0 aliphatic carbocycles. The molecular formula is C13H23F2N3O2. The van der Waals surface area contributed by atoms with Gasteiger partial charge in [-0.15, -0.1) is 0 Å². The highest BCUT2D eigenvalue weighted by Crippen LogP contribution is 2.19. The van der Waals surface area contributed by atoms with Crippen LogP contribution >= 0.6 is 0 Å². The molecule has 0 bridgehead atoms. The van der Waals surface area contributed by atoms with Gasteiger partial charge in [-0.1, -0.05) is 25.9 Å². The van der Waals surface area contributed by atoms with Crippen LogP contribution in [0.2, 0.25) is 0 Å². The molecule has 1 aromatic rings. The van der Waals surface area contributed by atoms with Crippen LogP contribution in [0.4, 0.5) is 8.78 Å². The Morgan fingerprint density at radius 3 is 2.70 bits per heavy atom. The van der Waals surface area contributed by atoms with Gasteiger partial charge in [0.1, 0.15) is 6.61 Å². The Bertz CT molecular complexity index is 374. The summed E-state index contributed by atoms with van der Waals surface area (Å²) in [5.41, 5.74) is 0. The number of likely N-dealkylation sites (N-methyl/N-ethyl adjacent to an activating group) is 1. The van der Waals surface area contributed by atoms with Gasteiger partial charge in [0.15, 0.2) is 5.82 Å². The third-order valence-electron chi connectivity index (χ3n) is 3.10. The summed E-state index contributed by atoms with van der Waals surface area (Å²) in [4.78, 5) is 4.29. The van der Waals surface area contributed by atoms with Crippen LogP contribution in [0.3, 0.4) is 0 Å². The lowest BCUT2D eigenvalue weighted by molar-refractivity contribution is 0.0182. The quantitative estimate of drug-likeness (QED) is 0.671. The molecule has 1 N–H and O–H groups in total. The lowest BCUT2D eigenvalue weighted by Gasteiger charge is -2.20. The minimum absolute atomic E-state index is 0.114. The van der Waals surface area contributed by atoms with Gasteiger partial charge in [0.05, 0.1) is 12.5 Å². The first-order valence-electron chi connectivity index (χ1n) is 7.00. The van der Waals surface area contributed by atoms with Crippen LogP contribution in [0.5, 0.6) is 0 Å². The highest BCUT2D eigenvalue weighted by molar-refractivity contribution is 4.97. The van der Waals surface area contributed by atoms with Gasteiger partial charge in [0.25, 0.3) is 6.43 Å². The minimum atomic E-state index is -2.44. The van der Waals surface area contributed by atoms with Crippen molar-refractivity contribution >= 4 is 0 Å². The second-order valence-corrected chi connectivity index (χ2v) is 4.63. The number of hydrogen-bond donors (Lipinski definition) is 1. The van der Waals surface area contributed by atoms with Gasteiger partial charge in [-0.3, -0.25) is 0 Å². The summed E-state index contributed by atoms with van der Waals surface area (Å²) >= 11 is 0. The van der Waals surface area contributed by atoms with Crippen LogP contribution in [0.1, 0.15) is 44.8 Å². The smallest absolute Gasteiger partial charge is 0.261 e. The molecule has 0 radical (unpaired) electrons. The van der Waals surface area contributed by atoms with E-state index in [1.54, 1.807) is 0 Å². The van der Waals surface area contributed by atoms with Gasteiger partial charge in [-0.2, -0.15) is 4.98 Å². The molecule has 7 heteroatoms. The summed E-state index contributed by atoms with van der Waals surface area (Å²) in [6, 6.07) is 0.281. The normalized spacial score (nSPS) is 14.7. The van der Waals surface area contributed by atoms with E-state index in [9.17, 15) is 8.78 Å². The molecule has 0 amide bonds. The molecule has 0 spiro atoms. The van der Waals surface area contributed by atoms with E-state index in [0.717, 1.165) is 13.0 Å². The molecule has 0 saturated heterocycles. The molecule has 5 nitrogen and oxygen atoms in total. The van der Waals surface area contributed by atoms with Crippen molar-refractivity contribution in [1.82, 2.24) is 15.5 Å². The number of alkyl halides is 2. The summed E-state index contributed by atoms with van der Waals surface area (Å²) < 4.78 is 33.8. The van der Waals surface area contributed by atoms with Crippen LogP contribution in [0.25, 0.3) is 0 Å². The summed E-state index contributed by atoms with van der Waals surface area (Å²) in [6.07, 6.45) is -1.10. The molecule has 116 valence electrons. The maximum Gasteiger partial charge on any atom is 0.261 e. The zero-order valence-corrected chi connectivity index (χ0v) is 12.2. The predicted octanol–water partition coefficient (Wildman–Crippen LogP) is 2.39. The van der Waals surface area contributed by atoms with Crippen molar-refractivity contribution in [2.24, 2.45) is 0 Å². The number of ether oxygens (including phenoxy) is 1. The summed E-state index contributed by atoms with van der Waals surface area (Å²) in [6.45, 7) is 6.67. The predicted molar refractivity (Wildman–Crippen MR) is 71.0 cm³/mol. The molecule has 0 fully saturated rings. The standard InChI is InChI=1S/C13H23F2N3O2/c1-4-10(16-5-2)9(3)13-17-12(18-20-13)6-7-19-8-11(14)15/h9-11,16H,4-8H2,1-3H3. The molecule has 1 rings (SSSR count).